The van der Waals surface area contributed by atoms with Crippen LogP contribution in [-0.2, 0) is 9.47 Å². The lowest BCUT2D eigenvalue weighted by Gasteiger charge is -2.10. The van der Waals surface area contributed by atoms with Crippen LogP contribution in [0.3, 0.4) is 0 Å². The molecule has 0 radical (unpaired) electrons. The molecule has 0 aromatic heterocycles. The minimum atomic E-state index is -0.270. The predicted octanol–water partition coefficient (Wildman–Crippen LogP) is 3.28. The Kier molecular flexibility index (Phi) is 10.2. The molecule has 4 amide bonds. The third-order valence-corrected chi connectivity index (χ3v) is 4.05. The molecule has 0 fully saturated rings. The molecule has 0 saturated heterocycles. The van der Waals surface area contributed by atoms with Gasteiger partial charge in [0, 0.05) is 24.5 Å². The first-order valence-corrected chi connectivity index (χ1v) is 9.91. The maximum Gasteiger partial charge on any atom is 0.319 e. The number of rotatable bonds is 11. The molecular formula is C22H30N4O4. The predicted molar refractivity (Wildman–Crippen MR) is 118 cm³/mol. The van der Waals surface area contributed by atoms with Crippen molar-refractivity contribution in [3.05, 3.63) is 59.7 Å². The first kappa shape index (κ1) is 23.2. The summed E-state index contributed by atoms with van der Waals surface area (Å²) in [6.45, 7) is 6.39. The van der Waals surface area contributed by atoms with Gasteiger partial charge >= 0.3 is 12.1 Å². The molecule has 0 atom stereocenters. The summed E-state index contributed by atoms with van der Waals surface area (Å²) < 4.78 is 10.8. The largest absolute Gasteiger partial charge is 0.377 e. The number of benzene rings is 2. The summed E-state index contributed by atoms with van der Waals surface area (Å²) in [6, 6.07) is 14.6. The number of ether oxygens (including phenoxy) is 2. The van der Waals surface area contributed by atoms with Gasteiger partial charge in [0.25, 0.3) is 0 Å². The molecule has 0 aliphatic rings. The first-order valence-electron chi connectivity index (χ1n) is 9.91. The van der Waals surface area contributed by atoms with Crippen LogP contribution in [-0.4, -0.2) is 51.6 Å². The van der Waals surface area contributed by atoms with Gasteiger partial charge in [-0.2, -0.15) is 0 Å². The summed E-state index contributed by atoms with van der Waals surface area (Å²) in [5.74, 6) is 0. The quantitative estimate of drug-likeness (QED) is 0.424. The molecule has 0 heterocycles. The molecule has 30 heavy (non-hydrogen) atoms. The van der Waals surface area contributed by atoms with Gasteiger partial charge in [-0.15, -0.1) is 0 Å². The number of hydrogen-bond acceptors (Lipinski definition) is 4. The Morgan fingerprint density at radius 2 is 1.00 bits per heavy atom. The van der Waals surface area contributed by atoms with Gasteiger partial charge in [-0.25, -0.2) is 9.59 Å². The fraction of sp³-hybridized carbons (Fsp3) is 0.364. The Balaban J connectivity index is 1.40. The van der Waals surface area contributed by atoms with Crippen LogP contribution in [0.1, 0.15) is 11.1 Å². The van der Waals surface area contributed by atoms with Crippen molar-refractivity contribution >= 4 is 23.4 Å². The molecule has 8 heteroatoms. The van der Waals surface area contributed by atoms with E-state index < -0.39 is 0 Å². The van der Waals surface area contributed by atoms with Crippen molar-refractivity contribution < 1.29 is 19.1 Å². The minimum Gasteiger partial charge on any atom is -0.377 e. The van der Waals surface area contributed by atoms with Crippen molar-refractivity contribution in [2.24, 2.45) is 0 Å². The van der Waals surface area contributed by atoms with Crippen LogP contribution in [0.25, 0.3) is 0 Å². The van der Waals surface area contributed by atoms with Gasteiger partial charge in [0.15, 0.2) is 0 Å². The second-order valence-corrected chi connectivity index (χ2v) is 6.72. The van der Waals surface area contributed by atoms with Crippen LogP contribution in [0.2, 0.25) is 0 Å². The second kappa shape index (κ2) is 13.2. The second-order valence-electron chi connectivity index (χ2n) is 6.72. The molecular weight excluding hydrogens is 384 g/mol. The van der Waals surface area contributed by atoms with E-state index in [0.717, 1.165) is 22.5 Å². The van der Waals surface area contributed by atoms with E-state index in [1.54, 1.807) is 0 Å². The van der Waals surface area contributed by atoms with Gasteiger partial charge in [-0.05, 0) is 38.1 Å². The number of nitrogens with one attached hydrogen (secondary N) is 4. The number of urea groups is 2. The summed E-state index contributed by atoms with van der Waals surface area (Å²) in [7, 11) is 0. The molecule has 0 aliphatic carbocycles. The normalized spacial score (nSPS) is 10.3. The Morgan fingerprint density at radius 3 is 1.37 bits per heavy atom. The highest BCUT2D eigenvalue weighted by Gasteiger charge is 2.02. The molecule has 2 aromatic carbocycles. The SMILES string of the molecule is Cc1ccc(NC(=O)NCCOCCOCCNC(=O)Nc2ccc(C)cc2)cc1. The number of carbonyl (C=O) groups excluding carboxylic acids is 2. The zero-order valence-electron chi connectivity index (χ0n) is 17.5. The monoisotopic (exact) mass is 414 g/mol. The molecule has 8 nitrogen and oxygen atoms in total. The summed E-state index contributed by atoms with van der Waals surface area (Å²) in [4.78, 5) is 23.5. The van der Waals surface area contributed by atoms with Gasteiger partial charge in [0.05, 0.1) is 26.4 Å². The number of carbonyl (C=O) groups is 2. The van der Waals surface area contributed by atoms with Crippen LogP contribution in [0.4, 0.5) is 21.0 Å². The number of aryl methyl sites for hydroxylation is 2. The molecule has 2 aromatic rings. The van der Waals surface area contributed by atoms with Crippen molar-refractivity contribution in [1.29, 1.82) is 0 Å². The van der Waals surface area contributed by atoms with E-state index in [1.807, 2.05) is 62.4 Å². The highest BCUT2D eigenvalue weighted by atomic mass is 16.5. The van der Waals surface area contributed by atoms with Gasteiger partial charge in [-0.1, -0.05) is 35.4 Å². The zero-order chi connectivity index (χ0) is 21.6. The van der Waals surface area contributed by atoms with E-state index in [4.69, 9.17) is 9.47 Å². The molecule has 0 bridgehead atoms. The van der Waals surface area contributed by atoms with E-state index in [2.05, 4.69) is 21.3 Å². The van der Waals surface area contributed by atoms with Crippen molar-refractivity contribution in [2.75, 3.05) is 50.2 Å². The Labute approximate surface area is 177 Å². The van der Waals surface area contributed by atoms with E-state index >= 15 is 0 Å². The number of anilines is 2. The number of hydrogen-bond donors (Lipinski definition) is 4. The minimum absolute atomic E-state index is 0.270. The standard InChI is InChI=1S/C22H30N4O4/c1-17-3-7-19(8-4-17)25-21(27)23-11-13-29-15-16-30-14-12-24-22(28)26-20-9-5-18(2)6-10-20/h3-10H,11-16H2,1-2H3,(H2,23,25,27)(H2,24,26,28). The van der Waals surface area contributed by atoms with Crippen molar-refractivity contribution in [2.45, 2.75) is 13.8 Å². The van der Waals surface area contributed by atoms with Gasteiger partial charge in [-0.3, -0.25) is 0 Å². The molecule has 0 aliphatic heterocycles. The topological polar surface area (TPSA) is 101 Å². The lowest BCUT2D eigenvalue weighted by molar-refractivity contribution is 0.0512. The lowest BCUT2D eigenvalue weighted by Crippen LogP contribution is -2.32. The van der Waals surface area contributed by atoms with Crippen molar-refractivity contribution in [3.8, 4) is 0 Å². The molecule has 0 unspecified atom stereocenters. The fourth-order valence-electron chi connectivity index (χ4n) is 2.42. The Hall–Kier alpha value is -3.10. The van der Waals surface area contributed by atoms with E-state index in [1.165, 1.54) is 0 Å². The van der Waals surface area contributed by atoms with Gasteiger partial charge < -0.3 is 30.7 Å². The average molecular weight is 415 g/mol. The van der Waals surface area contributed by atoms with E-state index in [0.29, 0.717) is 39.5 Å². The van der Waals surface area contributed by atoms with Gasteiger partial charge in [0.2, 0.25) is 0 Å². The molecule has 4 N–H and O–H groups in total. The summed E-state index contributed by atoms with van der Waals surface area (Å²) >= 11 is 0. The highest BCUT2D eigenvalue weighted by Crippen LogP contribution is 2.08. The summed E-state index contributed by atoms with van der Waals surface area (Å²) in [5.41, 5.74) is 3.76. The van der Waals surface area contributed by atoms with E-state index in [9.17, 15) is 9.59 Å². The first-order chi connectivity index (χ1) is 14.5. The van der Waals surface area contributed by atoms with Crippen LogP contribution >= 0.6 is 0 Å². The van der Waals surface area contributed by atoms with Crippen molar-refractivity contribution in [3.63, 3.8) is 0 Å². The summed E-state index contributed by atoms with van der Waals surface area (Å²) in [6.07, 6.45) is 0. The van der Waals surface area contributed by atoms with Crippen LogP contribution < -0.4 is 21.3 Å². The zero-order valence-corrected chi connectivity index (χ0v) is 17.5. The Morgan fingerprint density at radius 1 is 0.633 bits per heavy atom. The van der Waals surface area contributed by atoms with E-state index in [-0.39, 0.29) is 12.1 Å². The smallest absolute Gasteiger partial charge is 0.319 e. The number of amides is 4. The van der Waals surface area contributed by atoms with Crippen LogP contribution in [0, 0.1) is 13.8 Å². The molecule has 0 saturated carbocycles. The average Bonchev–Trinajstić information content (AvgIpc) is 2.73. The fourth-order valence-corrected chi connectivity index (χ4v) is 2.42. The molecule has 162 valence electrons. The van der Waals surface area contributed by atoms with Gasteiger partial charge in [0.1, 0.15) is 0 Å². The van der Waals surface area contributed by atoms with Crippen LogP contribution in [0.15, 0.2) is 48.5 Å². The Bertz CT molecular complexity index is 711. The highest BCUT2D eigenvalue weighted by molar-refractivity contribution is 5.89. The third kappa shape index (κ3) is 9.90. The summed E-state index contributed by atoms with van der Waals surface area (Å²) in [5, 5.41) is 10.9. The maximum absolute atomic E-state index is 11.7. The molecule has 2 rings (SSSR count). The van der Waals surface area contributed by atoms with Crippen LogP contribution in [0.5, 0.6) is 0 Å². The van der Waals surface area contributed by atoms with Crippen molar-refractivity contribution in [1.82, 2.24) is 10.6 Å². The lowest BCUT2D eigenvalue weighted by atomic mass is 10.2. The third-order valence-electron chi connectivity index (χ3n) is 4.05. The molecule has 0 spiro atoms. The maximum atomic E-state index is 11.7.